The molecule has 7 nitrogen and oxygen atoms in total. The van der Waals surface area contributed by atoms with E-state index in [1.54, 1.807) is 0 Å². The molecule has 1 amide bonds. The van der Waals surface area contributed by atoms with Crippen LogP contribution in [0.2, 0.25) is 0 Å². The first-order valence-electron chi connectivity index (χ1n) is 6.26. The maximum Gasteiger partial charge on any atom is 0.300 e. The standard InChI is InChI=1S/C12H16N4O3/c13-11-6-9(10(7-15-11)16(18)19)12(17)14-5-1-2-8-3-4-8/h6-8H,1-5H2,(H2,13,15)(H,14,17). The smallest absolute Gasteiger partial charge is 0.300 e. The van der Waals surface area contributed by atoms with E-state index < -0.39 is 10.8 Å². The molecule has 19 heavy (non-hydrogen) atoms. The Hall–Kier alpha value is -2.18. The normalized spacial score (nSPS) is 14.1. The van der Waals surface area contributed by atoms with Crippen LogP contribution in [0.15, 0.2) is 12.3 Å². The number of anilines is 1. The lowest BCUT2D eigenvalue weighted by Crippen LogP contribution is -2.25. The number of carbonyl (C=O) groups is 1. The van der Waals surface area contributed by atoms with Gasteiger partial charge >= 0.3 is 0 Å². The SMILES string of the molecule is Nc1cc(C(=O)NCCCC2CC2)c([N+](=O)[O-])cn1. The summed E-state index contributed by atoms with van der Waals surface area (Å²) in [7, 11) is 0. The number of nitrogens with two attached hydrogens (primary N) is 1. The highest BCUT2D eigenvalue weighted by molar-refractivity contribution is 5.98. The van der Waals surface area contributed by atoms with Crippen LogP contribution < -0.4 is 11.1 Å². The molecule has 0 aromatic carbocycles. The molecule has 0 radical (unpaired) electrons. The lowest BCUT2D eigenvalue weighted by Gasteiger charge is -2.06. The third-order valence-corrected chi connectivity index (χ3v) is 3.12. The predicted molar refractivity (Wildman–Crippen MR) is 69.6 cm³/mol. The zero-order valence-corrected chi connectivity index (χ0v) is 10.5. The van der Waals surface area contributed by atoms with E-state index in [9.17, 15) is 14.9 Å². The largest absolute Gasteiger partial charge is 0.384 e. The topological polar surface area (TPSA) is 111 Å². The van der Waals surface area contributed by atoms with Gasteiger partial charge in [0.25, 0.3) is 11.6 Å². The number of nitrogens with zero attached hydrogens (tertiary/aromatic N) is 2. The average molecular weight is 264 g/mol. The first-order chi connectivity index (χ1) is 9.08. The summed E-state index contributed by atoms with van der Waals surface area (Å²) in [4.78, 5) is 25.7. The van der Waals surface area contributed by atoms with Gasteiger partial charge in [-0.15, -0.1) is 0 Å². The van der Waals surface area contributed by atoms with E-state index in [4.69, 9.17) is 5.73 Å². The van der Waals surface area contributed by atoms with Crippen LogP contribution in [0.3, 0.4) is 0 Å². The molecule has 1 fully saturated rings. The van der Waals surface area contributed by atoms with Crippen molar-refractivity contribution in [3.8, 4) is 0 Å². The van der Waals surface area contributed by atoms with E-state index >= 15 is 0 Å². The van der Waals surface area contributed by atoms with Crippen molar-refractivity contribution in [2.45, 2.75) is 25.7 Å². The number of nitrogen functional groups attached to an aromatic ring is 1. The molecular weight excluding hydrogens is 248 g/mol. The average Bonchev–Trinajstić information content (AvgIpc) is 3.18. The molecule has 0 spiro atoms. The van der Waals surface area contributed by atoms with Crippen molar-refractivity contribution in [2.24, 2.45) is 5.92 Å². The van der Waals surface area contributed by atoms with Crippen molar-refractivity contribution < 1.29 is 9.72 Å². The van der Waals surface area contributed by atoms with Gasteiger partial charge in [0.15, 0.2) is 0 Å². The van der Waals surface area contributed by atoms with Crippen molar-refractivity contribution in [2.75, 3.05) is 12.3 Å². The van der Waals surface area contributed by atoms with Gasteiger partial charge in [0.05, 0.1) is 4.92 Å². The second-order valence-corrected chi connectivity index (χ2v) is 4.72. The minimum atomic E-state index is -0.633. The Kier molecular flexibility index (Phi) is 3.94. The fraction of sp³-hybridized carbons (Fsp3) is 0.500. The van der Waals surface area contributed by atoms with E-state index in [0.29, 0.717) is 6.54 Å². The highest BCUT2D eigenvalue weighted by Gasteiger charge is 2.22. The van der Waals surface area contributed by atoms with Crippen LogP contribution in [-0.4, -0.2) is 22.4 Å². The second-order valence-electron chi connectivity index (χ2n) is 4.72. The van der Waals surface area contributed by atoms with Crippen LogP contribution in [0, 0.1) is 16.0 Å². The number of rotatable bonds is 6. The summed E-state index contributed by atoms with van der Waals surface area (Å²) in [6.45, 7) is 0.523. The van der Waals surface area contributed by atoms with Gasteiger partial charge in [-0.2, -0.15) is 0 Å². The molecule has 2 rings (SSSR count). The fourth-order valence-electron chi connectivity index (χ4n) is 1.89. The third kappa shape index (κ3) is 3.64. The van der Waals surface area contributed by atoms with Gasteiger partial charge in [-0.25, -0.2) is 4.98 Å². The Balaban J connectivity index is 1.96. The Bertz CT molecular complexity index is 500. The fourth-order valence-corrected chi connectivity index (χ4v) is 1.89. The number of carbonyl (C=O) groups excluding carboxylic acids is 1. The van der Waals surface area contributed by atoms with Crippen molar-refractivity contribution in [1.29, 1.82) is 0 Å². The maximum atomic E-state index is 11.9. The molecule has 0 atom stereocenters. The number of nitrogens with one attached hydrogen (secondary N) is 1. The Morgan fingerprint density at radius 2 is 2.32 bits per heavy atom. The maximum absolute atomic E-state index is 11.9. The number of pyridine rings is 1. The van der Waals surface area contributed by atoms with Gasteiger partial charge in [-0.1, -0.05) is 12.8 Å². The molecule has 1 heterocycles. The Morgan fingerprint density at radius 1 is 1.58 bits per heavy atom. The summed E-state index contributed by atoms with van der Waals surface area (Å²) < 4.78 is 0. The van der Waals surface area contributed by atoms with Crippen LogP contribution in [0.5, 0.6) is 0 Å². The minimum Gasteiger partial charge on any atom is -0.384 e. The first kappa shape index (κ1) is 13.3. The van der Waals surface area contributed by atoms with Crippen molar-refractivity contribution in [3.05, 3.63) is 27.9 Å². The Labute approximate surface area is 110 Å². The van der Waals surface area contributed by atoms with Crippen molar-refractivity contribution in [1.82, 2.24) is 10.3 Å². The molecule has 3 N–H and O–H groups in total. The van der Waals surface area contributed by atoms with Crippen molar-refractivity contribution in [3.63, 3.8) is 0 Å². The number of aromatic nitrogens is 1. The molecule has 1 aliphatic carbocycles. The van der Waals surface area contributed by atoms with Crippen LogP contribution in [0.25, 0.3) is 0 Å². The summed E-state index contributed by atoms with van der Waals surface area (Å²) in [5.74, 6) is 0.424. The van der Waals surface area contributed by atoms with Crippen LogP contribution >= 0.6 is 0 Å². The zero-order chi connectivity index (χ0) is 13.8. The summed E-state index contributed by atoms with van der Waals surface area (Å²) in [5.41, 5.74) is 5.09. The number of nitro groups is 1. The summed E-state index contributed by atoms with van der Waals surface area (Å²) in [5, 5.41) is 13.5. The Morgan fingerprint density at radius 3 is 2.95 bits per heavy atom. The third-order valence-electron chi connectivity index (χ3n) is 3.12. The molecule has 0 aliphatic heterocycles. The predicted octanol–water partition coefficient (Wildman–Crippen LogP) is 1.49. The van der Waals surface area contributed by atoms with Gasteiger partial charge < -0.3 is 11.1 Å². The van der Waals surface area contributed by atoms with Gasteiger partial charge in [-0.05, 0) is 24.8 Å². The van der Waals surface area contributed by atoms with E-state index in [1.807, 2.05) is 0 Å². The van der Waals surface area contributed by atoms with E-state index in [-0.39, 0.29) is 17.1 Å². The zero-order valence-electron chi connectivity index (χ0n) is 10.5. The lowest BCUT2D eigenvalue weighted by molar-refractivity contribution is -0.385. The first-order valence-corrected chi connectivity index (χ1v) is 6.26. The second kappa shape index (κ2) is 5.64. The van der Waals surface area contributed by atoms with Gasteiger partial charge in [-0.3, -0.25) is 14.9 Å². The summed E-state index contributed by atoms with van der Waals surface area (Å²) in [6, 6.07) is 1.23. The molecule has 7 heteroatoms. The number of amides is 1. The highest BCUT2D eigenvalue weighted by atomic mass is 16.6. The summed E-state index contributed by atoms with van der Waals surface area (Å²) >= 11 is 0. The molecule has 102 valence electrons. The monoisotopic (exact) mass is 264 g/mol. The molecule has 0 saturated heterocycles. The molecule has 1 saturated carbocycles. The molecule has 1 aromatic rings. The molecule has 0 bridgehead atoms. The van der Waals surface area contributed by atoms with E-state index in [2.05, 4.69) is 10.3 Å². The van der Waals surface area contributed by atoms with Gasteiger partial charge in [0.2, 0.25) is 0 Å². The minimum absolute atomic E-state index is 0.0380. The van der Waals surface area contributed by atoms with Gasteiger partial charge in [0.1, 0.15) is 17.6 Å². The van der Waals surface area contributed by atoms with Gasteiger partial charge in [0, 0.05) is 6.54 Å². The van der Waals surface area contributed by atoms with Crippen molar-refractivity contribution >= 4 is 17.4 Å². The molecular formula is C12H16N4O3. The molecule has 1 aliphatic rings. The van der Waals surface area contributed by atoms with E-state index in [0.717, 1.165) is 25.0 Å². The van der Waals surface area contributed by atoms with Crippen LogP contribution in [-0.2, 0) is 0 Å². The van der Waals surface area contributed by atoms with E-state index in [1.165, 1.54) is 18.9 Å². The number of hydrogen-bond acceptors (Lipinski definition) is 5. The van der Waals surface area contributed by atoms with Crippen LogP contribution in [0.4, 0.5) is 11.5 Å². The molecule has 1 aromatic heterocycles. The lowest BCUT2D eigenvalue weighted by atomic mass is 10.2. The van der Waals surface area contributed by atoms with Crippen LogP contribution in [0.1, 0.15) is 36.0 Å². The quantitative estimate of drug-likeness (QED) is 0.459. The number of hydrogen-bond donors (Lipinski definition) is 2. The molecule has 0 unspecified atom stereocenters. The summed E-state index contributed by atoms with van der Waals surface area (Å²) in [6.07, 6.45) is 5.56. The highest BCUT2D eigenvalue weighted by Crippen LogP contribution is 2.33.